The lowest BCUT2D eigenvalue weighted by Gasteiger charge is -2.12. The number of carbonyl (C=O) groups is 1. The van der Waals surface area contributed by atoms with Crippen molar-refractivity contribution in [2.24, 2.45) is 0 Å². The van der Waals surface area contributed by atoms with E-state index in [1.807, 2.05) is 18.2 Å². The number of hydrogen-bond acceptors (Lipinski definition) is 4. The molecular weight excluding hydrogens is 370 g/mol. The van der Waals surface area contributed by atoms with Gasteiger partial charge in [0, 0.05) is 16.5 Å². The van der Waals surface area contributed by atoms with Gasteiger partial charge in [0.1, 0.15) is 4.83 Å². The highest BCUT2D eigenvalue weighted by atomic mass is 32.2. The fraction of sp³-hybridized carbons (Fsp3) is 0.105. The van der Waals surface area contributed by atoms with Crippen LogP contribution in [-0.4, -0.2) is 23.5 Å². The average molecular weight is 385 g/mol. The molecule has 0 radical (unpaired) electrons. The van der Waals surface area contributed by atoms with Crippen molar-refractivity contribution in [1.29, 1.82) is 0 Å². The van der Waals surface area contributed by atoms with Crippen molar-refractivity contribution in [3.63, 3.8) is 0 Å². The molecule has 0 saturated heterocycles. The van der Waals surface area contributed by atoms with Gasteiger partial charge in [-0.2, -0.15) is 0 Å². The van der Waals surface area contributed by atoms with Gasteiger partial charge in [-0.15, -0.1) is 11.3 Å². The van der Waals surface area contributed by atoms with Crippen LogP contribution in [0.2, 0.25) is 0 Å². The lowest BCUT2D eigenvalue weighted by atomic mass is 10.1. The van der Waals surface area contributed by atoms with E-state index in [0.29, 0.717) is 26.9 Å². The topological polar surface area (TPSA) is 76.4 Å². The molecule has 26 heavy (non-hydrogen) atoms. The number of carboxylic acid groups (broad SMARTS) is 1. The minimum atomic E-state index is -3.87. The number of aliphatic carboxylic acids is 1. The number of fused-ring (bicyclic) bond motifs is 2. The van der Waals surface area contributed by atoms with Crippen molar-refractivity contribution in [2.75, 3.05) is 0 Å². The smallest absolute Gasteiger partial charge is 0.307 e. The quantitative estimate of drug-likeness (QED) is 0.575. The van der Waals surface area contributed by atoms with Crippen LogP contribution in [-0.2, 0) is 21.2 Å². The van der Waals surface area contributed by atoms with E-state index in [9.17, 15) is 18.3 Å². The summed E-state index contributed by atoms with van der Waals surface area (Å²) >= 11 is 1.29. The van der Waals surface area contributed by atoms with Gasteiger partial charge >= 0.3 is 5.97 Å². The highest BCUT2D eigenvalue weighted by Gasteiger charge is 2.27. The number of hydrogen-bond donors (Lipinski definition) is 1. The second-order valence-electron chi connectivity index (χ2n) is 6.02. The summed E-state index contributed by atoms with van der Waals surface area (Å²) in [6.07, 6.45) is -0.211. The van der Waals surface area contributed by atoms with Crippen LogP contribution in [0.25, 0.3) is 21.0 Å². The highest BCUT2D eigenvalue weighted by molar-refractivity contribution is 7.90. The molecule has 0 bridgehead atoms. The van der Waals surface area contributed by atoms with Crippen LogP contribution in [0.4, 0.5) is 0 Å². The van der Waals surface area contributed by atoms with Crippen LogP contribution in [0, 0.1) is 6.92 Å². The molecule has 0 saturated carbocycles. The normalized spacial score (nSPS) is 12.0. The van der Waals surface area contributed by atoms with E-state index >= 15 is 0 Å². The Morgan fingerprint density at radius 2 is 1.81 bits per heavy atom. The van der Waals surface area contributed by atoms with Crippen molar-refractivity contribution in [3.8, 4) is 0 Å². The molecule has 0 fully saturated rings. The molecular formula is C19H15NO4S2. The van der Waals surface area contributed by atoms with E-state index in [4.69, 9.17) is 0 Å². The van der Waals surface area contributed by atoms with Crippen LogP contribution in [0.15, 0.2) is 58.8 Å². The largest absolute Gasteiger partial charge is 0.481 e. The maximum Gasteiger partial charge on any atom is 0.307 e. The Bertz CT molecular complexity index is 1260. The van der Waals surface area contributed by atoms with Gasteiger partial charge in [0.2, 0.25) is 0 Å². The van der Waals surface area contributed by atoms with Crippen LogP contribution < -0.4 is 0 Å². The molecule has 2 aromatic carbocycles. The van der Waals surface area contributed by atoms with Gasteiger partial charge < -0.3 is 5.11 Å². The SMILES string of the molecule is Cc1c(CC(=O)O)c2ccsc2n1S(=O)(=O)c1cccc2ccccc12. The van der Waals surface area contributed by atoms with E-state index < -0.39 is 16.0 Å². The molecule has 1 N–H and O–H groups in total. The third kappa shape index (κ3) is 2.43. The first-order chi connectivity index (χ1) is 12.4. The summed E-state index contributed by atoms with van der Waals surface area (Å²) in [4.78, 5) is 12.0. The number of aromatic nitrogens is 1. The molecule has 0 atom stereocenters. The van der Waals surface area contributed by atoms with Gasteiger partial charge in [0.15, 0.2) is 0 Å². The van der Waals surface area contributed by atoms with E-state index in [1.54, 1.807) is 42.6 Å². The molecule has 7 heteroatoms. The standard InChI is InChI=1S/C19H15NO4S2/c1-12-16(11-18(21)22)15-9-10-25-19(15)20(12)26(23,24)17-8-4-6-13-5-2-3-7-14(13)17/h2-10H,11H2,1H3,(H,21,22). The molecule has 0 aliphatic rings. The minimum Gasteiger partial charge on any atom is -0.481 e. The van der Waals surface area contributed by atoms with E-state index in [0.717, 1.165) is 5.39 Å². The van der Waals surface area contributed by atoms with Crippen LogP contribution >= 0.6 is 11.3 Å². The summed E-state index contributed by atoms with van der Waals surface area (Å²) in [5.41, 5.74) is 0.986. The van der Waals surface area contributed by atoms with Gasteiger partial charge in [-0.1, -0.05) is 36.4 Å². The molecule has 0 amide bonds. The summed E-state index contributed by atoms with van der Waals surface area (Å²) in [5.74, 6) is -0.985. The van der Waals surface area contributed by atoms with Crippen molar-refractivity contribution < 1.29 is 18.3 Å². The Labute approximate surface area is 154 Å². The Kier molecular flexibility index (Phi) is 3.86. The van der Waals surface area contributed by atoms with Crippen molar-refractivity contribution in [2.45, 2.75) is 18.2 Å². The fourth-order valence-electron chi connectivity index (χ4n) is 3.34. The Balaban J connectivity index is 2.04. The molecule has 5 nitrogen and oxygen atoms in total. The van der Waals surface area contributed by atoms with Gasteiger partial charge in [-0.25, -0.2) is 12.4 Å². The molecule has 4 rings (SSSR count). The lowest BCUT2D eigenvalue weighted by molar-refractivity contribution is -0.136. The van der Waals surface area contributed by atoms with Crippen LogP contribution in [0.3, 0.4) is 0 Å². The summed E-state index contributed by atoms with van der Waals surface area (Å²) in [6, 6.07) is 14.3. The van der Waals surface area contributed by atoms with Crippen LogP contribution in [0.1, 0.15) is 11.3 Å². The summed E-state index contributed by atoms with van der Waals surface area (Å²) in [5, 5.41) is 13.2. The predicted octanol–water partition coefficient (Wildman–Crippen LogP) is 4.03. The van der Waals surface area contributed by atoms with Gasteiger partial charge in [-0.05, 0) is 35.4 Å². The molecule has 2 aromatic heterocycles. The number of carboxylic acids is 1. The number of benzene rings is 2. The Morgan fingerprint density at radius 1 is 1.08 bits per heavy atom. The predicted molar refractivity (Wildman–Crippen MR) is 102 cm³/mol. The van der Waals surface area contributed by atoms with Crippen molar-refractivity contribution in [3.05, 3.63) is 65.2 Å². The fourth-order valence-corrected chi connectivity index (χ4v) is 6.35. The zero-order chi connectivity index (χ0) is 18.5. The molecule has 0 unspecified atom stereocenters. The molecule has 0 spiro atoms. The summed E-state index contributed by atoms with van der Waals surface area (Å²) < 4.78 is 28.3. The number of thiophene rings is 1. The molecule has 0 aliphatic carbocycles. The highest BCUT2D eigenvalue weighted by Crippen LogP contribution is 2.35. The molecule has 132 valence electrons. The average Bonchev–Trinajstić information content (AvgIpc) is 3.16. The van der Waals surface area contributed by atoms with Gasteiger partial charge in [0.25, 0.3) is 10.0 Å². The lowest BCUT2D eigenvalue weighted by Crippen LogP contribution is -2.15. The molecule has 2 heterocycles. The van der Waals surface area contributed by atoms with E-state index in [2.05, 4.69) is 0 Å². The monoisotopic (exact) mass is 385 g/mol. The zero-order valence-electron chi connectivity index (χ0n) is 13.8. The van der Waals surface area contributed by atoms with Gasteiger partial charge in [-0.3, -0.25) is 4.79 Å². The minimum absolute atomic E-state index is 0.211. The number of rotatable bonds is 4. The first kappa shape index (κ1) is 16.8. The zero-order valence-corrected chi connectivity index (χ0v) is 15.5. The second-order valence-corrected chi connectivity index (χ2v) is 8.67. The maximum atomic E-state index is 13.5. The third-order valence-electron chi connectivity index (χ3n) is 4.49. The van der Waals surface area contributed by atoms with Crippen molar-refractivity contribution >= 4 is 48.3 Å². The first-order valence-electron chi connectivity index (χ1n) is 7.94. The third-order valence-corrected chi connectivity index (χ3v) is 7.35. The first-order valence-corrected chi connectivity index (χ1v) is 10.3. The number of nitrogens with zero attached hydrogens (tertiary/aromatic N) is 1. The maximum absolute atomic E-state index is 13.5. The van der Waals surface area contributed by atoms with E-state index in [-0.39, 0.29) is 11.3 Å². The summed E-state index contributed by atoms with van der Waals surface area (Å²) in [7, 11) is -3.87. The molecule has 4 aromatic rings. The Hall–Kier alpha value is -2.64. The summed E-state index contributed by atoms with van der Waals surface area (Å²) in [6.45, 7) is 1.66. The Morgan fingerprint density at radius 3 is 2.58 bits per heavy atom. The van der Waals surface area contributed by atoms with E-state index in [1.165, 1.54) is 15.3 Å². The second kappa shape index (κ2) is 5.96. The van der Waals surface area contributed by atoms with Crippen LogP contribution in [0.5, 0.6) is 0 Å². The van der Waals surface area contributed by atoms with Gasteiger partial charge in [0.05, 0.1) is 11.3 Å². The van der Waals surface area contributed by atoms with Crippen molar-refractivity contribution in [1.82, 2.24) is 3.97 Å². The molecule has 0 aliphatic heterocycles.